The number of rotatable bonds is 6. The number of pyridine rings is 1. The standard InChI is InChI=1S/C23H27N3O2S/c1-15-6-4-7-20(10-15)24-23(29)26(8-5-9-27)14-19-13-18-11-16(2)17(3)12-21(18)25-22(19)28/h4,6-7,10-13,27H,5,8-9,14H2,1-3H3,(H,24,29)(H,25,28). The second-order valence-corrected chi connectivity index (χ2v) is 7.83. The number of aromatic amines is 1. The highest BCUT2D eigenvalue weighted by molar-refractivity contribution is 7.80. The molecule has 0 aliphatic rings. The fourth-order valence-corrected chi connectivity index (χ4v) is 3.56. The molecule has 0 aliphatic carbocycles. The van der Waals surface area contributed by atoms with E-state index in [2.05, 4.69) is 23.3 Å². The van der Waals surface area contributed by atoms with Gasteiger partial charge < -0.3 is 20.3 Å². The molecule has 2 aromatic carbocycles. The maximum atomic E-state index is 12.7. The number of aliphatic hydroxyl groups excluding tert-OH is 1. The van der Waals surface area contributed by atoms with Crippen LogP contribution in [0.3, 0.4) is 0 Å². The minimum Gasteiger partial charge on any atom is -0.396 e. The molecule has 1 aromatic heterocycles. The van der Waals surface area contributed by atoms with Crippen LogP contribution in [0.4, 0.5) is 5.69 Å². The molecule has 0 spiro atoms. The van der Waals surface area contributed by atoms with E-state index >= 15 is 0 Å². The van der Waals surface area contributed by atoms with Crippen LogP contribution < -0.4 is 10.9 Å². The van der Waals surface area contributed by atoms with Gasteiger partial charge in [-0.25, -0.2) is 0 Å². The second kappa shape index (κ2) is 9.20. The number of aromatic nitrogens is 1. The summed E-state index contributed by atoms with van der Waals surface area (Å²) in [6.07, 6.45) is 0.569. The average molecular weight is 410 g/mol. The molecule has 1 heterocycles. The zero-order valence-corrected chi connectivity index (χ0v) is 17.9. The van der Waals surface area contributed by atoms with Crippen LogP contribution in [0.1, 0.15) is 28.7 Å². The van der Waals surface area contributed by atoms with E-state index in [0.29, 0.717) is 30.2 Å². The van der Waals surface area contributed by atoms with Gasteiger partial charge in [0.25, 0.3) is 5.56 Å². The van der Waals surface area contributed by atoms with E-state index in [9.17, 15) is 9.90 Å². The lowest BCUT2D eigenvalue weighted by Crippen LogP contribution is -2.37. The summed E-state index contributed by atoms with van der Waals surface area (Å²) in [5.41, 5.74) is 5.74. The first-order valence-electron chi connectivity index (χ1n) is 9.74. The third kappa shape index (κ3) is 5.22. The van der Waals surface area contributed by atoms with E-state index in [4.69, 9.17) is 12.2 Å². The summed E-state index contributed by atoms with van der Waals surface area (Å²) in [4.78, 5) is 17.6. The molecule has 0 radical (unpaired) electrons. The molecule has 29 heavy (non-hydrogen) atoms. The van der Waals surface area contributed by atoms with Crippen molar-refractivity contribution in [3.63, 3.8) is 0 Å². The van der Waals surface area contributed by atoms with Crippen LogP contribution in [0.2, 0.25) is 0 Å². The Bertz CT molecular complexity index is 1090. The van der Waals surface area contributed by atoms with Crippen molar-refractivity contribution in [1.29, 1.82) is 0 Å². The van der Waals surface area contributed by atoms with E-state index in [1.54, 1.807) is 0 Å². The molecule has 0 saturated heterocycles. The van der Waals surface area contributed by atoms with E-state index in [-0.39, 0.29) is 12.2 Å². The summed E-state index contributed by atoms with van der Waals surface area (Å²) in [7, 11) is 0. The second-order valence-electron chi connectivity index (χ2n) is 7.45. The highest BCUT2D eigenvalue weighted by Gasteiger charge is 2.14. The van der Waals surface area contributed by atoms with Crippen LogP contribution in [0.5, 0.6) is 0 Å². The van der Waals surface area contributed by atoms with Gasteiger partial charge in [0.2, 0.25) is 0 Å². The van der Waals surface area contributed by atoms with Gasteiger partial charge in [-0.3, -0.25) is 4.79 Å². The topological polar surface area (TPSA) is 68.4 Å². The Kier molecular flexibility index (Phi) is 6.67. The maximum Gasteiger partial charge on any atom is 0.253 e. The van der Waals surface area contributed by atoms with E-state index < -0.39 is 0 Å². The normalized spacial score (nSPS) is 10.9. The smallest absolute Gasteiger partial charge is 0.253 e. The number of aliphatic hydroxyl groups is 1. The van der Waals surface area contributed by atoms with Gasteiger partial charge in [-0.05, 0) is 91.8 Å². The largest absolute Gasteiger partial charge is 0.396 e. The number of benzene rings is 2. The van der Waals surface area contributed by atoms with Crippen molar-refractivity contribution in [2.24, 2.45) is 0 Å². The molecule has 0 aliphatic heterocycles. The molecule has 0 atom stereocenters. The van der Waals surface area contributed by atoms with Crippen LogP contribution in [0, 0.1) is 20.8 Å². The zero-order chi connectivity index (χ0) is 21.0. The Morgan fingerprint density at radius 3 is 2.62 bits per heavy atom. The third-order valence-corrected chi connectivity index (χ3v) is 5.40. The minimum absolute atomic E-state index is 0.0656. The van der Waals surface area contributed by atoms with Crippen LogP contribution in [-0.2, 0) is 6.54 Å². The van der Waals surface area contributed by atoms with Crippen molar-refractivity contribution in [2.45, 2.75) is 33.7 Å². The van der Waals surface area contributed by atoms with Gasteiger partial charge in [-0.1, -0.05) is 12.1 Å². The first-order chi connectivity index (χ1) is 13.9. The third-order valence-electron chi connectivity index (χ3n) is 5.04. The van der Waals surface area contributed by atoms with Gasteiger partial charge in [-0.2, -0.15) is 0 Å². The van der Waals surface area contributed by atoms with Crippen molar-refractivity contribution < 1.29 is 5.11 Å². The summed E-state index contributed by atoms with van der Waals surface area (Å²) in [5, 5.41) is 14.1. The van der Waals surface area contributed by atoms with Gasteiger partial charge in [0.05, 0.1) is 6.54 Å². The number of nitrogens with zero attached hydrogens (tertiary/aromatic N) is 1. The molecule has 3 N–H and O–H groups in total. The van der Waals surface area contributed by atoms with E-state index in [0.717, 1.165) is 27.7 Å². The lowest BCUT2D eigenvalue weighted by Gasteiger charge is -2.26. The van der Waals surface area contributed by atoms with Crippen molar-refractivity contribution in [2.75, 3.05) is 18.5 Å². The van der Waals surface area contributed by atoms with Gasteiger partial charge in [0, 0.05) is 29.9 Å². The maximum absolute atomic E-state index is 12.7. The summed E-state index contributed by atoms with van der Waals surface area (Å²) in [5.74, 6) is 0. The van der Waals surface area contributed by atoms with Crippen molar-refractivity contribution in [3.05, 3.63) is 75.1 Å². The predicted octanol–water partition coefficient (Wildman–Crippen LogP) is 4.03. The Morgan fingerprint density at radius 2 is 1.90 bits per heavy atom. The van der Waals surface area contributed by atoms with Crippen molar-refractivity contribution in [3.8, 4) is 0 Å². The first kappa shape index (κ1) is 21.0. The highest BCUT2D eigenvalue weighted by Crippen LogP contribution is 2.18. The lowest BCUT2D eigenvalue weighted by atomic mass is 10.0. The molecule has 0 bridgehead atoms. The van der Waals surface area contributed by atoms with Crippen molar-refractivity contribution in [1.82, 2.24) is 9.88 Å². The first-order valence-corrected chi connectivity index (χ1v) is 10.1. The SMILES string of the molecule is Cc1cccc(NC(=S)N(CCCO)Cc2cc3cc(C)c(C)cc3[nH]c2=O)c1. The minimum atomic E-state index is -0.117. The van der Waals surface area contributed by atoms with E-state index in [1.807, 2.05) is 55.1 Å². The number of nitrogens with one attached hydrogen (secondary N) is 2. The molecule has 0 unspecified atom stereocenters. The lowest BCUT2D eigenvalue weighted by molar-refractivity contribution is 0.266. The summed E-state index contributed by atoms with van der Waals surface area (Å²) in [6, 6.07) is 14.0. The Labute approximate surface area is 176 Å². The average Bonchev–Trinajstić information content (AvgIpc) is 2.67. The van der Waals surface area contributed by atoms with E-state index in [1.165, 1.54) is 5.56 Å². The zero-order valence-electron chi connectivity index (χ0n) is 17.1. The number of anilines is 1. The quantitative estimate of drug-likeness (QED) is 0.536. The highest BCUT2D eigenvalue weighted by atomic mass is 32.1. The molecule has 3 rings (SSSR count). The van der Waals surface area contributed by atoms with Gasteiger partial charge in [0.1, 0.15) is 0 Å². The predicted molar refractivity (Wildman–Crippen MR) is 124 cm³/mol. The molecular weight excluding hydrogens is 382 g/mol. The Morgan fingerprint density at radius 1 is 1.14 bits per heavy atom. The molecule has 152 valence electrons. The number of fused-ring (bicyclic) bond motifs is 1. The monoisotopic (exact) mass is 409 g/mol. The van der Waals surface area contributed by atoms with Gasteiger partial charge >= 0.3 is 0 Å². The molecule has 0 saturated carbocycles. The molecule has 0 fully saturated rings. The fraction of sp³-hybridized carbons (Fsp3) is 0.304. The number of aryl methyl sites for hydroxylation is 3. The summed E-state index contributed by atoms with van der Waals surface area (Å²) >= 11 is 5.61. The molecule has 0 amide bonds. The van der Waals surface area contributed by atoms with Crippen LogP contribution in [-0.4, -0.2) is 33.3 Å². The Hall–Kier alpha value is -2.70. The van der Waals surface area contributed by atoms with Crippen LogP contribution in [0.25, 0.3) is 10.9 Å². The van der Waals surface area contributed by atoms with Crippen LogP contribution in [0.15, 0.2) is 47.3 Å². The summed E-state index contributed by atoms with van der Waals surface area (Å²) in [6.45, 7) is 7.11. The number of H-pyrrole nitrogens is 1. The molecule has 6 heteroatoms. The number of hydrogen-bond acceptors (Lipinski definition) is 3. The number of thiocarbonyl (C=S) groups is 1. The Balaban J connectivity index is 1.87. The van der Waals surface area contributed by atoms with Gasteiger partial charge in [-0.15, -0.1) is 0 Å². The fourth-order valence-electron chi connectivity index (χ4n) is 3.28. The molecule has 3 aromatic rings. The summed E-state index contributed by atoms with van der Waals surface area (Å²) < 4.78 is 0. The molecular formula is C23H27N3O2S. The van der Waals surface area contributed by atoms with Crippen LogP contribution >= 0.6 is 12.2 Å². The number of hydrogen-bond donors (Lipinski definition) is 3. The molecule has 5 nitrogen and oxygen atoms in total. The van der Waals surface area contributed by atoms with Gasteiger partial charge in [0.15, 0.2) is 5.11 Å². The van der Waals surface area contributed by atoms with Crippen molar-refractivity contribution >= 4 is 33.9 Å².